The lowest BCUT2D eigenvalue weighted by Crippen LogP contribution is -2.42. The molecule has 3 rings (SSSR count). The van der Waals surface area contributed by atoms with Crippen molar-refractivity contribution in [2.75, 3.05) is 44.0 Å². The highest BCUT2D eigenvalue weighted by atomic mass is 32.1. The minimum Gasteiger partial charge on any atom is -0.481 e. The first-order valence-electron chi connectivity index (χ1n) is 7.61. The Labute approximate surface area is 144 Å². The first-order chi connectivity index (χ1) is 11.5. The van der Waals surface area contributed by atoms with Crippen LogP contribution in [0.1, 0.15) is 9.67 Å². The molecule has 0 saturated carbocycles. The number of carbonyl (C=O) groups is 2. The quantitative estimate of drug-likeness (QED) is 0.903. The number of thiophene rings is 1. The number of fused-ring (bicyclic) bond motifs is 1. The molecule has 2 amide bonds. The van der Waals surface area contributed by atoms with Crippen LogP contribution < -0.4 is 15.0 Å². The van der Waals surface area contributed by atoms with Gasteiger partial charge in [0.25, 0.3) is 11.8 Å². The monoisotopic (exact) mass is 345 g/mol. The Hall–Kier alpha value is -2.38. The van der Waals surface area contributed by atoms with Crippen LogP contribution in [0.4, 0.5) is 11.4 Å². The van der Waals surface area contributed by atoms with E-state index >= 15 is 0 Å². The van der Waals surface area contributed by atoms with Crippen LogP contribution >= 0.6 is 11.3 Å². The van der Waals surface area contributed by atoms with E-state index in [1.807, 2.05) is 36.5 Å². The van der Waals surface area contributed by atoms with Gasteiger partial charge in [-0.1, -0.05) is 6.07 Å². The van der Waals surface area contributed by atoms with E-state index in [0.717, 1.165) is 12.2 Å². The second kappa shape index (κ2) is 7.02. The van der Waals surface area contributed by atoms with Gasteiger partial charge in [0, 0.05) is 24.8 Å². The van der Waals surface area contributed by atoms with Gasteiger partial charge in [0.15, 0.2) is 6.61 Å². The Morgan fingerprint density at radius 1 is 1.38 bits per heavy atom. The molecule has 1 aliphatic rings. The van der Waals surface area contributed by atoms with Crippen LogP contribution in [-0.4, -0.2) is 50.5 Å². The highest BCUT2D eigenvalue weighted by Gasteiger charge is 2.25. The van der Waals surface area contributed by atoms with Crippen LogP contribution in [0.15, 0.2) is 35.7 Å². The molecule has 24 heavy (non-hydrogen) atoms. The highest BCUT2D eigenvalue weighted by Crippen LogP contribution is 2.34. The van der Waals surface area contributed by atoms with Gasteiger partial charge in [-0.05, 0) is 37.7 Å². The molecule has 6 nitrogen and oxygen atoms in total. The number of hydrogen-bond donors (Lipinski definition) is 1. The summed E-state index contributed by atoms with van der Waals surface area (Å²) in [5.74, 6) is 0.401. The molecule has 1 aromatic heterocycles. The van der Waals surface area contributed by atoms with Gasteiger partial charge in [-0.3, -0.25) is 9.59 Å². The third-order valence-corrected chi connectivity index (χ3v) is 4.55. The Kier molecular flexibility index (Phi) is 4.82. The van der Waals surface area contributed by atoms with Gasteiger partial charge >= 0.3 is 0 Å². The zero-order valence-electron chi connectivity index (χ0n) is 13.6. The maximum atomic E-state index is 12.1. The maximum Gasteiger partial charge on any atom is 0.265 e. The zero-order chi connectivity index (χ0) is 17.1. The van der Waals surface area contributed by atoms with Crippen molar-refractivity contribution in [1.82, 2.24) is 4.90 Å². The summed E-state index contributed by atoms with van der Waals surface area (Å²) in [6, 6.07) is 8.97. The Balaban J connectivity index is 1.78. The van der Waals surface area contributed by atoms with Crippen LogP contribution in [0.3, 0.4) is 0 Å². The van der Waals surface area contributed by atoms with E-state index in [9.17, 15) is 9.59 Å². The van der Waals surface area contributed by atoms with Crippen molar-refractivity contribution in [2.45, 2.75) is 0 Å². The molecular weight excluding hydrogens is 326 g/mol. The topological polar surface area (TPSA) is 61.9 Å². The van der Waals surface area contributed by atoms with Crippen LogP contribution in [0.2, 0.25) is 0 Å². The lowest BCUT2D eigenvalue weighted by Gasteiger charge is -2.30. The van der Waals surface area contributed by atoms with Crippen molar-refractivity contribution in [1.29, 1.82) is 0 Å². The molecule has 0 spiro atoms. The average Bonchev–Trinajstić information content (AvgIpc) is 3.08. The Bertz CT molecular complexity index is 744. The molecular formula is C17H19N3O3S. The predicted octanol–water partition coefficient (Wildman–Crippen LogP) is 2.29. The molecule has 126 valence electrons. The van der Waals surface area contributed by atoms with Gasteiger partial charge in [-0.15, -0.1) is 11.3 Å². The molecule has 0 atom stereocenters. The smallest absolute Gasteiger partial charge is 0.265 e. The summed E-state index contributed by atoms with van der Waals surface area (Å²) in [5, 5.41) is 4.71. The largest absolute Gasteiger partial charge is 0.481 e. The van der Waals surface area contributed by atoms with Crippen LogP contribution in [0.5, 0.6) is 5.75 Å². The van der Waals surface area contributed by atoms with Gasteiger partial charge in [-0.2, -0.15) is 0 Å². The van der Waals surface area contributed by atoms with Crippen molar-refractivity contribution in [3.05, 3.63) is 40.6 Å². The summed E-state index contributed by atoms with van der Waals surface area (Å²) in [7, 11) is 3.93. The minimum absolute atomic E-state index is 0.0166. The molecule has 1 aromatic carbocycles. The van der Waals surface area contributed by atoms with Crippen molar-refractivity contribution in [2.24, 2.45) is 0 Å². The fraction of sp³-hybridized carbons (Fsp3) is 0.294. The maximum absolute atomic E-state index is 12.1. The van der Waals surface area contributed by atoms with Gasteiger partial charge in [-0.25, -0.2) is 0 Å². The number of nitrogens with one attached hydrogen (secondary N) is 1. The molecule has 2 aromatic rings. The Morgan fingerprint density at radius 3 is 2.92 bits per heavy atom. The van der Waals surface area contributed by atoms with Gasteiger partial charge < -0.3 is 19.9 Å². The first kappa shape index (κ1) is 16.5. The van der Waals surface area contributed by atoms with Crippen LogP contribution in [0.25, 0.3) is 0 Å². The molecule has 0 unspecified atom stereocenters. The summed E-state index contributed by atoms with van der Waals surface area (Å²) in [4.78, 5) is 28.6. The number of rotatable bonds is 5. The predicted molar refractivity (Wildman–Crippen MR) is 95.1 cm³/mol. The van der Waals surface area contributed by atoms with E-state index in [1.165, 1.54) is 11.3 Å². The molecule has 2 heterocycles. The second-order valence-electron chi connectivity index (χ2n) is 5.75. The number of amides is 2. The number of anilines is 2. The molecule has 1 N–H and O–H groups in total. The van der Waals surface area contributed by atoms with E-state index in [2.05, 4.69) is 5.32 Å². The summed E-state index contributed by atoms with van der Waals surface area (Å²) >= 11 is 1.39. The molecule has 0 aliphatic carbocycles. The number of ether oxygens (including phenoxy) is 1. The molecule has 0 bridgehead atoms. The number of carbonyl (C=O) groups excluding carboxylic acids is 2. The van der Waals surface area contributed by atoms with Gasteiger partial charge in [0.2, 0.25) is 0 Å². The lowest BCUT2D eigenvalue weighted by molar-refractivity contribution is -0.121. The summed E-state index contributed by atoms with van der Waals surface area (Å²) in [6.45, 7) is 1.38. The third kappa shape index (κ3) is 3.58. The van der Waals surface area contributed by atoms with Crippen LogP contribution in [0, 0.1) is 0 Å². The minimum atomic E-state index is -0.152. The molecule has 0 saturated heterocycles. The van der Waals surface area contributed by atoms with Gasteiger partial charge in [0.05, 0.1) is 10.6 Å². The fourth-order valence-electron chi connectivity index (χ4n) is 2.43. The van der Waals surface area contributed by atoms with Crippen LogP contribution in [-0.2, 0) is 4.79 Å². The standard InChI is InChI=1S/C17H19N3O3S/c1-19(2)7-8-20-13-6-5-12(10-14(13)23-11-16(20)21)18-17(22)15-4-3-9-24-15/h3-6,9-10H,7-8,11H2,1-2H3,(H,18,22). The first-order valence-corrected chi connectivity index (χ1v) is 8.49. The molecule has 7 heteroatoms. The van der Waals surface area contributed by atoms with Crippen molar-refractivity contribution >= 4 is 34.5 Å². The number of benzene rings is 1. The lowest BCUT2D eigenvalue weighted by atomic mass is 10.2. The molecule has 1 aliphatic heterocycles. The highest BCUT2D eigenvalue weighted by molar-refractivity contribution is 7.12. The average molecular weight is 345 g/mol. The summed E-state index contributed by atoms with van der Waals surface area (Å²) in [5.41, 5.74) is 1.39. The SMILES string of the molecule is CN(C)CCN1C(=O)COc2cc(NC(=O)c3cccs3)ccc21. The number of hydrogen-bond acceptors (Lipinski definition) is 5. The van der Waals surface area contributed by atoms with Crippen molar-refractivity contribution in [3.63, 3.8) is 0 Å². The zero-order valence-corrected chi connectivity index (χ0v) is 14.4. The van der Waals surface area contributed by atoms with Gasteiger partial charge in [0.1, 0.15) is 5.75 Å². The van der Waals surface area contributed by atoms with E-state index in [4.69, 9.17) is 4.74 Å². The second-order valence-corrected chi connectivity index (χ2v) is 6.70. The summed E-state index contributed by atoms with van der Waals surface area (Å²) < 4.78 is 5.53. The van der Waals surface area contributed by atoms with Crippen molar-refractivity contribution < 1.29 is 14.3 Å². The molecule has 0 radical (unpaired) electrons. The van der Waals surface area contributed by atoms with E-state index in [-0.39, 0.29) is 18.4 Å². The summed E-state index contributed by atoms with van der Waals surface area (Å²) in [6.07, 6.45) is 0. The Morgan fingerprint density at radius 2 is 2.21 bits per heavy atom. The van der Waals surface area contributed by atoms with Crippen molar-refractivity contribution in [3.8, 4) is 5.75 Å². The third-order valence-electron chi connectivity index (χ3n) is 3.68. The number of likely N-dealkylation sites (N-methyl/N-ethyl adjacent to an activating group) is 1. The van der Waals surface area contributed by atoms with E-state index < -0.39 is 0 Å². The normalized spacial score (nSPS) is 13.6. The molecule has 0 fully saturated rings. The number of nitrogens with zero attached hydrogens (tertiary/aromatic N) is 2. The van der Waals surface area contributed by atoms with E-state index in [1.54, 1.807) is 23.1 Å². The fourth-order valence-corrected chi connectivity index (χ4v) is 3.05. The van der Waals surface area contributed by atoms with E-state index in [0.29, 0.717) is 22.9 Å².